The van der Waals surface area contributed by atoms with E-state index >= 15 is 0 Å². The van der Waals surface area contributed by atoms with Crippen LogP contribution >= 0.6 is 11.3 Å². The van der Waals surface area contributed by atoms with Gasteiger partial charge in [-0.15, -0.1) is 11.3 Å². The second-order valence-electron chi connectivity index (χ2n) is 6.96. The molecule has 2 aromatic rings. The number of hydrogen-bond donors (Lipinski definition) is 1. The van der Waals surface area contributed by atoms with Crippen LogP contribution in [0.3, 0.4) is 0 Å². The van der Waals surface area contributed by atoms with Gasteiger partial charge in [0.2, 0.25) is 5.91 Å². The zero-order valence-corrected chi connectivity index (χ0v) is 17.2. The van der Waals surface area contributed by atoms with Crippen molar-refractivity contribution in [3.63, 3.8) is 0 Å². The van der Waals surface area contributed by atoms with Gasteiger partial charge in [-0.05, 0) is 30.9 Å². The van der Waals surface area contributed by atoms with Gasteiger partial charge in [0.25, 0.3) is 5.91 Å². The molecule has 2 heterocycles. The van der Waals surface area contributed by atoms with E-state index < -0.39 is 0 Å². The van der Waals surface area contributed by atoms with Gasteiger partial charge in [-0.3, -0.25) is 14.9 Å². The highest BCUT2D eigenvalue weighted by atomic mass is 32.1. The molecule has 8 heteroatoms. The van der Waals surface area contributed by atoms with E-state index in [0.717, 1.165) is 19.5 Å². The van der Waals surface area contributed by atoms with Gasteiger partial charge in [0.15, 0.2) is 5.13 Å². The fourth-order valence-corrected chi connectivity index (χ4v) is 3.94. The molecule has 3 rings (SSSR count). The number of methoxy groups -OCH3 is 2. The normalized spacial score (nSPS) is 16.5. The van der Waals surface area contributed by atoms with Crippen LogP contribution in [-0.2, 0) is 11.2 Å². The van der Waals surface area contributed by atoms with E-state index in [2.05, 4.69) is 17.2 Å². The summed E-state index contributed by atoms with van der Waals surface area (Å²) in [5, 5.41) is 5.05. The van der Waals surface area contributed by atoms with Crippen LogP contribution in [0.4, 0.5) is 5.13 Å². The molecule has 1 aliphatic heterocycles. The van der Waals surface area contributed by atoms with Crippen LogP contribution in [0.5, 0.6) is 11.5 Å². The lowest BCUT2D eigenvalue weighted by molar-refractivity contribution is -0.132. The number of likely N-dealkylation sites (tertiary alicyclic amines) is 1. The maximum Gasteiger partial charge on any atom is 0.257 e. The van der Waals surface area contributed by atoms with Crippen LogP contribution in [0.15, 0.2) is 23.6 Å². The Kier molecular flexibility index (Phi) is 6.51. The predicted octanol–water partition coefficient (Wildman–Crippen LogP) is 3.21. The first kappa shape index (κ1) is 20.1. The fraction of sp³-hybridized carbons (Fsp3) is 0.450. The summed E-state index contributed by atoms with van der Waals surface area (Å²) < 4.78 is 10.4. The lowest BCUT2D eigenvalue weighted by Crippen LogP contribution is -2.39. The Morgan fingerprint density at radius 2 is 1.96 bits per heavy atom. The van der Waals surface area contributed by atoms with E-state index in [0.29, 0.717) is 33.8 Å². The predicted molar refractivity (Wildman–Crippen MR) is 108 cm³/mol. The molecule has 0 radical (unpaired) electrons. The lowest BCUT2D eigenvalue weighted by Gasteiger charge is -2.30. The van der Waals surface area contributed by atoms with Gasteiger partial charge in [-0.2, -0.15) is 0 Å². The molecule has 2 amide bonds. The zero-order chi connectivity index (χ0) is 20.1. The number of aromatic nitrogens is 1. The number of hydrogen-bond acceptors (Lipinski definition) is 6. The van der Waals surface area contributed by atoms with Crippen molar-refractivity contribution in [1.29, 1.82) is 0 Å². The lowest BCUT2D eigenvalue weighted by atomic mass is 10.00. The van der Waals surface area contributed by atoms with E-state index in [4.69, 9.17) is 9.47 Å². The summed E-state index contributed by atoms with van der Waals surface area (Å²) in [6.45, 7) is 3.79. The van der Waals surface area contributed by atoms with Crippen molar-refractivity contribution < 1.29 is 19.1 Å². The Balaban J connectivity index is 1.62. The molecule has 0 saturated carbocycles. The Labute approximate surface area is 168 Å². The molecule has 1 saturated heterocycles. The topological polar surface area (TPSA) is 80.8 Å². The molecule has 1 N–H and O–H groups in total. The van der Waals surface area contributed by atoms with Crippen molar-refractivity contribution in [2.24, 2.45) is 5.92 Å². The molecule has 0 aliphatic carbocycles. The third-order valence-corrected chi connectivity index (χ3v) is 5.53. The Bertz CT molecular complexity index is 829. The summed E-state index contributed by atoms with van der Waals surface area (Å²) in [6.07, 6.45) is 2.48. The van der Waals surface area contributed by atoms with E-state index in [9.17, 15) is 9.59 Å². The number of carbonyl (C=O) groups is 2. The summed E-state index contributed by atoms with van der Waals surface area (Å²) in [4.78, 5) is 31.3. The highest BCUT2D eigenvalue weighted by molar-refractivity contribution is 7.14. The fourth-order valence-electron chi connectivity index (χ4n) is 3.24. The van der Waals surface area contributed by atoms with Gasteiger partial charge in [-0.1, -0.05) is 6.92 Å². The molecule has 1 aromatic heterocycles. The minimum Gasteiger partial charge on any atom is -0.497 e. The first-order valence-corrected chi connectivity index (χ1v) is 10.1. The third kappa shape index (κ3) is 5.01. The quantitative estimate of drug-likeness (QED) is 0.801. The average molecular weight is 404 g/mol. The number of piperidine rings is 1. The van der Waals surface area contributed by atoms with Crippen LogP contribution in [0, 0.1) is 5.92 Å². The summed E-state index contributed by atoms with van der Waals surface area (Å²) in [6, 6.07) is 4.96. The summed E-state index contributed by atoms with van der Waals surface area (Å²) >= 11 is 1.31. The zero-order valence-electron chi connectivity index (χ0n) is 16.4. The number of benzene rings is 1. The van der Waals surface area contributed by atoms with Crippen LogP contribution in [-0.4, -0.2) is 49.0 Å². The smallest absolute Gasteiger partial charge is 0.257 e. The van der Waals surface area contributed by atoms with Crippen molar-refractivity contribution in [2.45, 2.75) is 26.2 Å². The molecule has 7 nitrogen and oxygen atoms in total. The van der Waals surface area contributed by atoms with Gasteiger partial charge >= 0.3 is 0 Å². The maximum atomic E-state index is 12.5. The van der Waals surface area contributed by atoms with Crippen LogP contribution in [0.25, 0.3) is 0 Å². The third-order valence-electron chi connectivity index (χ3n) is 4.73. The number of amides is 2. The Morgan fingerprint density at radius 3 is 2.61 bits per heavy atom. The number of rotatable bonds is 6. The van der Waals surface area contributed by atoms with Crippen molar-refractivity contribution in [2.75, 3.05) is 32.6 Å². The first-order chi connectivity index (χ1) is 13.5. The molecular formula is C20H25N3O4S. The molecule has 1 fully saturated rings. The molecule has 1 aromatic carbocycles. The molecule has 1 unspecified atom stereocenters. The van der Waals surface area contributed by atoms with E-state index in [1.54, 1.807) is 18.2 Å². The Hall–Kier alpha value is -2.61. The SMILES string of the molecule is COc1cc(OC)cc(C(=O)Nc2nc(CC(=O)N3CCCC(C)C3)cs2)c1. The van der Waals surface area contributed by atoms with Crippen molar-refractivity contribution in [1.82, 2.24) is 9.88 Å². The van der Waals surface area contributed by atoms with Gasteiger partial charge in [0.05, 0.1) is 26.3 Å². The van der Waals surface area contributed by atoms with E-state index in [1.807, 2.05) is 10.3 Å². The minimum absolute atomic E-state index is 0.0901. The summed E-state index contributed by atoms with van der Waals surface area (Å²) in [7, 11) is 3.06. The number of nitrogens with zero attached hydrogens (tertiary/aromatic N) is 2. The Morgan fingerprint density at radius 1 is 1.25 bits per heavy atom. The molecule has 150 valence electrons. The van der Waals surface area contributed by atoms with Crippen LogP contribution in [0.2, 0.25) is 0 Å². The second-order valence-corrected chi connectivity index (χ2v) is 7.82. The number of ether oxygens (including phenoxy) is 2. The minimum atomic E-state index is -0.311. The number of carbonyl (C=O) groups excluding carboxylic acids is 2. The molecular weight excluding hydrogens is 378 g/mol. The standard InChI is InChI=1S/C20H25N3O4S/c1-13-5-4-6-23(11-13)18(24)9-15-12-28-20(21-15)22-19(25)14-7-16(26-2)10-17(8-14)27-3/h7-8,10,12-13H,4-6,9,11H2,1-3H3,(H,21,22,25). The maximum absolute atomic E-state index is 12.5. The average Bonchev–Trinajstić information content (AvgIpc) is 3.14. The van der Waals surface area contributed by atoms with Gasteiger partial charge in [0, 0.05) is 30.1 Å². The highest BCUT2D eigenvalue weighted by Crippen LogP contribution is 2.24. The van der Waals surface area contributed by atoms with E-state index in [-0.39, 0.29) is 18.2 Å². The highest BCUT2D eigenvalue weighted by Gasteiger charge is 2.22. The van der Waals surface area contributed by atoms with Crippen LogP contribution in [0.1, 0.15) is 35.8 Å². The van der Waals surface area contributed by atoms with Gasteiger partial charge in [0.1, 0.15) is 11.5 Å². The van der Waals surface area contributed by atoms with Crippen molar-refractivity contribution in [3.05, 3.63) is 34.8 Å². The van der Waals surface area contributed by atoms with E-state index in [1.165, 1.54) is 32.0 Å². The second kappa shape index (κ2) is 9.05. The molecule has 1 aliphatic rings. The summed E-state index contributed by atoms with van der Waals surface area (Å²) in [5.41, 5.74) is 1.08. The largest absolute Gasteiger partial charge is 0.497 e. The number of anilines is 1. The van der Waals surface area contributed by atoms with Crippen molar-refractivity contribution >= 4 is 28.3 Å². The molecule has 1 atom stereocenters. The van der Waals surface area contributed by atoms with Gasteiger partial charge in [-0.25, -0.2) is 4.98 Å². The van der Waals surface area contributed by atoms with Crippen molar-refractivity contribution in [3.8, 4) is 11.5 Å². The monoisotopic (exact) mass is 403 g/mol. The first-order valence-electron chi connectivity index (χ1n) is 9.25. The number of thiazole rings is 1. The molecule has 28 heavy (non-hydrogen) atoms. The molecule has 0 spiro atoms. The van der Waals surface area contributed by atoms with Gasteiger partial charge < -0.3 is 14.4 Å². The number of nitrogens with one attached hydrogen (secondary N) is 1. The van der Waals surface area contributed by atoms with Crippen LogP contribution < -0.4 is 14.8 Å². The summed E-state index contributed by atoms with van der Waals surface area (Å²) in [5.74, 6) is 1.39. The molecule has 0 bridgehead atoms.